The topological polar surface area (TPSA) is 41.1 Å². The summed E-state index contributed by atoms with van der Waals surface area (Å²) in [6, 6.07) is 2.81. The predicted molar refractivity (Wildman–Crippen MR) is 117 cm³/mol. The average Bonchev–Trinajstić information content (AvgIpc) is 3.16. The van der Waals surface area contributed by atoms with E-state index in [9.17, 15) is 5.26 Å². The molecule has 6 nitrogen and oxygen atoms in total. The second kappa shape index (κ2) is 10.9. The standard InChI is InChI=1S/C23H38N6/c1-20-8-7-13-28(20)17-16-26(3)23(22(18-24)25-2)29-14-9-21(10-15-29)19-27-11-5-4-6-12-27/h20-21H,4-17,19H2,1,3H3/b23-22+/t20-/m0/s1. The zero-order valence-corrected chi connectivity index (χ0v) is 18.4. The number of nitrogens with zero attached hydrogens (tertiary/aromatic N) is 6. The third kappa shape index (κ3) is 5.87. The summed E-state index contributed by atoms with van der Waals surface area (Å²) in [4.78, 5) is 13.2. The number of nitriles is 1. The first-order valence-electron chi connectivity index (χ1n) is 11.6. The van der Waals surface area contributed by atoms with Gasteiger partial charge in [-0.25, -0.2) is 10.1 Å². The summed E-state index contributed by atoms with van der Waals surface area (Å²) in [7, 11) is 2.05. The highest BCUT2D eigenvalue weighted by molar-refractivity contribution is 5.32. The van der Waals surface area contributed by atoms with Crippen LogP contribution in [0.15, 0.2) is 11.5 Å². The zero-order chi connectivity index (χ0) is 20.6. The van der Waals surface area contributed by atoms with Gasteiger partial charge in [-0.2, -0.15) is 0 Å². The zero-order valence-electron chi connectivity index (χ0n) is 18.4. The van der Waals surface area contributed by atoms with E-state index in [0.717, 1.165) is 50.8 Å². The molecule has 0 aromatic rings. The molecular weight excluding hydrogens is 360 g/mol. The van der Waals surface area contributed by atoms with Crippen LogP contribution in [0.2, 0.25) is 0 Å². The van der Waals surface area contributed by atoms with Crippen LogP contribution in [0.25, 0.3) is 4.85 Å². The summed E-state index contributed by atoms with van der Waals surface area (Å²) in [6.45, 7) is 18.5. The van der Waals surface area contributed by atoms with Gasteiger partial charge in [-0.15, -0.1) is 0 Å². The number of hydrogen-bond donors (Lipinski definition) is 0. The van der Waals surface area contributed by atoms with Gasteiger partial charge in [0.2, 0.25) is 0 Å². The van der Waals surface area contributed by atoms with Gasteiger partial charge in [0.1, 0.15) is 5.82 Å². The summed E-state index contributed by atoms with van der Waals surface area (Å²) in [5.74, 6) is 1.60. The average molecular weight is 399 g/mol. The van der Waals surface area contributed by atoms with Crippen molar-refractivity contribution in [1.82, 2.24) is 19.6 Å². The normalized spacial score (nSPS) is 25.4. The van der Waals surface area contributed by atoms with Crippen LogP contribution >= 0.6 is 0 Å². The molecule has 3 aliphatic heterocycles. The van der Waals surface area contributed by atoms with Crippen LogP contribution in [0.4, 0.5) is 0 Å². The van der Waals surface area contributed by atoms with Crippen molar-refractivity contribution in [3.8, 4) is 6.07 Å². The molecule has 1 atom stereocenters. The molecule has 0 aromatic carbocycles. The maximum atomic E-state index is 9.57. The lowest BCUT2D eigenvalue weighted by atomic mass is 9.95. The van der Waals surface area contributed by atoms with Gasteiger partial charge in [0, 0.05) is 45.8 Å². The van der Waals surface area contributed by atoms with Crippen molar-refractivity contribution in [2.75, 3.05) is 59.4 Å². The molecule has 0 aromatic heterocycles. The SMILES string of the molecule is [C-]#[N+]/C(C#N)=C(\N(C)CCN1CCC[C@@H]1C)N1CCC(CN2CCCCC2)CC1. The Morgan fingerprint density at radius 1 is 1.07 bits per heavy atom. The Bertz CT molecular complexity index is 615. The Balaban J connectivity index is 1.57. The van der Waals surface area contributed by atoms with E-state index < -0.39 is 0 Å². The van der Waals surface area contributed by atoms with E-state index in [1.165, 1.54) is 58.3 Å². The maximum absolute atomic E-state index is 9.57. The van der Waals surface area contributed by atoms with Crippen LogP contribution in [-0.4, -0.2) is 85.0 Å². The van der Waals surface area contributed by atoms with E-state index >= 15 is 0 Å². The highest BCUT2D eigenvalue weighted by Gasteiger charge is 2.27. The Morgan fingerprint density at radius 3 is 2.38 bits per heavy atom. The summed E-state index contributed by atoms with van der Waals surface area (Å²) >= 11 is 0. The predicted octanol–water partition coefficient (Wildman–Crippen LogP) is 3.21. The van der Waals surface area contributed by atoms with E-state index in [4.69, 9.17) is 6.57 Å². The monoisotopic (exact) mass is 398 g/mol. The molecular formula is C23H38N6. The van der Waals surface area contributed by atoms with Gasteiger partial charge in [-0.3, -0.25) is 4.90 Å². The second-order valence-corrected chi connectivity index (χ2v) is 9.14. The molecule has 0 radical (unpaired) electrons. The lowest BCUT2D eigenvalue weighted by molar-refractivity contribution is 0.125. The van der Waals surface area contributed by atoms with Crippen molar-refractivity contribution in [1.29, 1.82) is 5.26 Å². The molecule has 0 saturated carbocycles. The summed E-state index contributed by atoms with van der Waals surface area (Å²) in [5.41, 5.74) is 0.247. The van der Waals surface area contributed by atoms with Gasteiger partial charge in [-0.1, -0.05) is 6.42 Å². The van der Waals surface area contributed by atoms with Crippen molar-refractivity contribution in [2.45, 2.75) is 57.9 Å². The van der Waals surface area contributed by atoms with Crippen LogP contribution in [0.5, 0.6) is 0 Å². The Hall–Kier alpha value is -1.76. The summed E-state index contributed by atoms with van der Waals surface area (Å²) in [6.07, 6.45) is 8.97. The van der Waals surface area contributed by atoms with Gasteiger partial charge in [0.15, 0.2) is 0 Å². The van der Waals surface area contributed by atoms with Crippen LogP contribution in [0.1, 0.15) is 51.9 Å². The lowest BCUT2D eigenvalue weighted by Gasteiger charge is -2.41. The Labute approximate surface area is 177 Å². The molecule has 0 unspecified atom stereocenters. The highest BCUT2D eigenvalue weighted by Crippen LogP contribution is 2.26. The largest absolute Gasteiger partial charge is 0.368 e. The molecule has 3 saturated heterocycles. The van der Waals surface area contributed by atoms with Crippen molar-refractivity contribution in [3.05, 3.63) is 22.9 Å². The minimum atomic E-state index is 0.247. The second-order valence-electron chi connectivity index (χ2n) is 9.14. The van der Waals surface area contributed by atoms with E-state index in [2.05, 4.69) is 44.5 Å². The molecule has 0 spiro atoms. The van der Waals surface area contributed by atoms with Gasteiger partial charge in [-0.05, 0) is 71.0 Å². The minimum Gasteiger partial charge on any atom is -0.368 e. The van der Waals surface area contributed by atoms with Crippen LogP contribution in [0.3, 0.4) is 0 Å². The first-order chi connectivity index (χ1) is 14.1. The fourth-order valence-corrected chi connectivity index (χ4v) is 5.24. The number of piperidine rings is 2. The number of rotatable bonds is 7. The van der Waals surface area contributed by atoms with Crippen molar-refractivity contribution in [3.63, 3.8) is 0 Å². The van der Waals surface area contributed by atoms with Crippen LogP contribution < -0.4 is 0 Å². The van der Waals surface area contributed by atoms with Crippen LogP contribution in [0, 0.1) is 23.8 Å². The first kappa shape index (κ1) is 21.9. The van der Waals surface area contributed by atoms with Crippen LogP contribution in [-0.2, 0) is 0 Å². The molecule has 160 valence electrons. The number of likely N-dealkylation sites (tertiary alicyclic amines) is 3. The molecule has 3 fully saturated rings. The van der Waals surface area contributed by atoms with E-state index in [1.54, 1.807) is 0 Å². The third-order valence-electron chi connectivity index (χ3n) is 7.08. The maximum Gasteiger partial charge on any atom is 0.300 e. The van der Waals surface area contributed by atoms with Gasteiger partial charge in [0.25, 0.3) is 0 Å². The molecule has 3 heterocycles. The Morgan fingerprint density at radius 2 is 1.79 bits per heavy atom. The molecule has 0 bridgehead atoms. The third-order valence-corrected chi connectivity index (χ3v) is 7.08. The van der Waals surface area contributed by atoms with E-state index in [1.807, 2.05) is 0 Å². The van der Waals surface area contributed by atoms with Gasteiger partial charge >= 0.3 is 5.70 Å². The van der Waals surface area contributed by atoms with E-state index in [0.29, 0.717) is 6.04 Å². The molecule has 0 N–H and O–H groups in total. The summed E-state index contributed by atoms with van der Waals surface area (Å²) < 4.78 is 0. The highest BCUT2D eigenvalue weighted by atomic mass is 15.3. The first-order valence-corrected chi connectivity index (χ1v) is 11.6. The molecule has 3 aliphatic rings. The van der Waals surface area contributed by atoms with Gasteiger partial charge < -0.3 is 14.7 Å². The lowest BCUT2D eigenvalue weighted by Crippen LogP contribution is -2.44. The number of hydrogen-bond acceptors (Lipinski definition) is 5. The van der Waals surface area contributed by atoms with Gasteiger partial charge in [0.05, 0.1) is 12.6 Å². The van der Waals surface area contributed by atoms with Crippen molar-refractivity contribution in [2.24, 2.45) is 5.92 Å². The number of likely N-dealkylation sites (N-methyl/N-ethyl adjacent to an activating group) is 1. The fourth-order valence-electron chi connectivity index (χ4n) is 5.24. The minimum absolute atomic E-state index is 0.247. The van der Waals surface area contributed by atoms with Crippen molar-refractivity contribution >= 4 is 0 Å². The molecule has 0 amide bonds. The van der Waals surface area contributed by atoms with E-state index in [-0.39, 0.29) is 5.70 Å². The molecule has 3 rings (SSSR count). The smallest absolute Gasteiger partial charge is 0.300 e. The molecule has 29 heavy (non-hydrogen) atoms. The summed E-state index contributed by atoms with van der Waals surface area (Å²) in [5, 5.41) is 9.57. The number of allylic oxidation sites excluding steroid dienone is 1. The van der Waals surface area contributed by atoms with Crippen molar-refractivity contribution < 1.29 is 0 Å². The quantitative estimate of drug-likeness (QED) is 0.487. The molecule has 6 heteroatoms. The fraction of sp³-hybridized carbons (Fsp3) is 0.826. The Kier molecular flexibility index (Phi) is 8.21. The molecule has 0 aliphatic carbocycles.